The summed E-state index contributed by atoms with van der Waals surface area (Å²) in [4.78, 5) is 3.74. The number of benzene rings is 1. The average Bonchev–Trinajstić information content (AvgIpc) is 2.95. The molecule has 3 N–H and O–H groups in total. The molecule has 1 atom stereocenters. The highest BCUT2D eigenvalue weighted by atomic mass is 15.0. The first kappa shape index (κ1) is 15.2. The Hall–Kier alpha value is -1.32. The van der Waals surface area contributed by atoms with Crippen molar-refractivity contribution in [2.75, 3.05) is 7.05 Å². The lowest BCUT2D eigenvalue weighted by atomic mass is 9.89. The fourth-order valence-corrected chi connectivity index (χ4v) is 4.54. The number of rotatable bonds is 4. The lowest BCUT2D eigenvalue weighted by molar-refractivity contribution is 0.318. The number of aryl methyl sites for hydroxylation is 1. The van der Waals surface area contributed by atoms with E-state index in [1.54, 1.807) is 5.56 Å². The molecule has 0 aliphatic heterocycles. The first-order chi connectivity index (χ1) is 11.3. The number of nitrogens with one attached hydrogen (secondary N) is 3. The monoisotopic (exact) mass is 311 g/mol. The minimum Gasteiger partial charge on any atom is -0.357 e. The topological polar surface area (TPSA) is 39.9 Å². The quantitative estimate of drug-likeness (QED) is 0.792. The summed E-state index contributed by atoms with van der Waals surface area (Å²) in [6.45, 7) is 0.944. The predicted octanol–water partition coefficient (Wildman–Crippen LogP) is 4.19. The van der Waals surface area contributed by atoms with Gasteiger partial charge in [0.15, 0.2) is 0 Å². The van der Waals surface area contributed by atoms with Gasteiger partial charge in [-0.2, -0.15) is 0 Å². The Kier molecular flexibility index (Phi) is 4.41. The van der Waals surface area contributed by atoms with Gasteiger partial charge >= 0.3 is 0 Å². The molecule has 0 saturated heterocycles. The molecule has 0 bridgehead atoms. The van der Waals surface area contributed by atoms with E-state index in [9.17, 15) is 0 Å². The highest BCUT2D eigenvalue weighted by molar-refractivity contribution is 5.85. The number of aromatic nitrogens is 1. The maximum Gasteiger partial charge on any atom is 0.0478 e. The summed E-state index contributed by atoms with van der Waals surface area (Å²) < 4.78 is 0. The number of aromatic amines is 1. The minimum atomic E-state index is 0.530. The van der Waals surface area contributed by atoms with Crippen LogP contribution in [0.1, 0.15) is 67.8 Å². The van der Waals surface area contributed by atoms with E-state index in [-0.39, 0.29) is 0 Å². The Morgan fingerprint density at radius 3 is 2.78 bits per heavy atom. The predicted molar refractivity (Wildman–Crippen MR) is 96.8 cm³/mol. The van der Waals surface area contributed by atoms with Crippen LogP contribution >= 0.6 is 0 Å². The molecule has 0 spiro atoms. The van der Waals surface area contributed by atoms with Crippen LogP contribution in [0.25, 0.3) is 10.9 Å². The van der Waals surface area contributed by atoms with Crippen molar-refractivity contribution in [3.8, 4) is 0 Å². The van der Waals surface area contributed by atoms with Gasteiger partial charge in [-0.25, -0.2) is 0 Å². The van der Waals surface area contributed by atoms with Crippen LogP contribution in [0, 0.1) is 0 Å². The van der Waals surface area contributed by atoms with Crippen molar-refractivity contribution in [3.63, 3.8) is 0 Å². The number of hydrogen-bond acceptors (Lipinski definition) is 2. The summed E-state index contributed by atoms with van der Waals surface area (Å²) in [6.07, 6.45) is 10.8. The third-order valence-corrected chi connectivity index (χ3v) is 5.69. The van der Waals surface area contributed by atoms with Crippen LogP contribution in [0.3, 0.4) is 0 Å². The van der Waals surface area contributed by atoms with E-state index < -0.39 is 0 Å². The van der Waals surface area contributed by atoms with Crippen LogP contribution in [0.15, 0.2) is 18.2 Å². The maximum atomic E-state index is 3.97. The zero-order valence-corrected chi connectivity index (χ0v) is 14.3. The van der Waals surface area contributed by atoms with Crippen molar-refractivity contribution in [2.24, 2.45) is 0 Å². The Labute approximate surface area is 139 Å². The van der Waals surface area contributed by atoms with Crippen molar-refractivity contribution >= 4 is 10.9 Å². The first-order valence-corrected chi connectivity index (χ1v) is 9.39. The third kappa shape index (κ3) is 3.05. The van der Waals surface area contributed by atoms with Gasteiger partial charge in [0.1, 0.15) is 0 Å². The normalized spacial score (nSPS) is 22.4. The van der Waals surface area contributed by atoms with Crippen LogP contribution in [0.5, 0.6) is 0 Å². The summed E-state index contributed by atoms with van der Waals surface area (Å²) in [6, 6.07) is 8.14. The second-order valence-corrected chi connectivity index (χ2v) is 7.37. The molecule has 4 rings (SSSR count). The van der Waals surface area contributed by atoms with Crippen molar-refractivity contribution in [1.29, 1.82) is 0 Å². The van der Waals surface area contributed by atoms with Gasteiger partial charge in [0.2, 0.25) is 0 Å². The van der Waals surface area contributed by atoms with E-state index in [0.717, 1.165) is 12.6 Å². The van der Waals surface area contributed by atoms with Crippen molar-refractivity contribution in [1.82, 2.24) is 15.6 Å². The standard InChI is InChI=1S/C20H29N3/c1-21-13-14-10-11-18-17(12-14)16-8-5-9-19(20(16)23-18)22-15-6-3-2-4-7-15/h10-12,15,19,21-23H,2-9,13H2,1H3. The van der Waals surface area contributed by atoms with Gasteiger partial charge in [0.25, 0.3) is 0 Å². The molecule has 3 nitrogen and oxygen atoms in total. The first-order valence-electron chi connectivity index (χ1n) is 9.39. The Bertz CT molecular complexity index is 667. The molecule has 1 aromatic carbocycles. The molecule has 1 heterocycles. The zero-order chi connectivity index (χ0) is 15.6. The fraction of sp³-hybridized carbons (Fsp3) is 0.600. The molecular formula is C20H29N3. The SMILES string of the molecule is CNCc1ccc2[nH]c3c(c2c1)CCCC3NC1CCCCC1. The largest absolute Gasteiger partial charge is 0.357 e. The molecule has 124 valence electrons. The van der Waals surface area contributed by atoms with Gasteiger partial charge in [-0.3, -0.25) is 0 Å². The number of H-pyrrole nitrogens is 1. The summed E-state index contributed by atoms with van der Waals surface area (Å²) >= 11 is 0. The van der Waals surface area contributed by atoms with E-state index >= 15 is 0 Å². The number of hydrogen-bond donors (Lipinski definition) is 3. The van der Waals surface area contributed by atoms with E-state index in [0.29, 0.717) is 6.04 Å². The van der Waals surface area contributed by atoms with Crippen LogP contribution in [-0.4, -0.2) is 18.1 Å². The lowest BCUT2D eigenvalue weighted by Crippen LogP contribution is -2.36. The minimum absolute atomic E-state index is 0.530. The van der Waals surface area contributed by atoms with Gasteiger partial charge in [-0.1, -0.05) is 25.3 Å². The van der Waals surface area contributed by atoms with Gasteiger partial charge < -0.3 is 15.6 Å². The summed E-state index contributed by atoms with van der Waals surface area (Å²) in [5.41, 5.74) is 5.73. The zero-order valence-electron chi connectivity index (χ0n) is 14.3. The van der Waals surface area contributed by atoms with Crippen LogP contribution < -0.4 is 10.6 Å². The molecule has 1 unspecified atom stereocenters. The van der Waals surface area contributed by atoms with E-state index in [4.69, 9.17) is 0 Å². The van der Waals surface area contributed by atoms with Crippen molar-refractivity contribution in [3.05, 3.63) is 35.0 Å². The second kappa shape index (κ2) is 6.66. The molecule has 2 aliphatic carbocycles. The molecule has 1 saturated carbocycles. The highest BCUT2D eigenvalue weighted by Crippen LogP contribution is 2.36. The third-order valence-electron chi connectivity index (χ3n) is 5.69. The van der Waals surface area contributed by atoms with Gasteiger partial charge in [0.05, 0.1) is 0 Å². The lowest BCUT2D eigenvalue weighted by Gasteiger charge is -2.31. The van der Waals surface area contributed by atoms with Crippen molar-refractivity contribution < 1.29 is 0 Å². The number of fused-ring (bicyclic) bond motifs is 3. The molecular weight excluding hydrogens is 282 g/mol. The summed E-state index contributed by atoms with van der Waals surface area (Å²) in [5, 5.41) is 8.68. The van der Waals surface area contributed by atoms with Crippen LogP contribution in [0.2, 0.25) is 0 Å². The molecule has 0 amide bonds. The van der Waals surface area contributed by atoms with Crippen molar-refractivity contribution in [2.45, 2.75) is 70.0 Å². The van der Waals surface area contributed by atoms with E-state index in [1.165, 1.54) is 73.5 Å². The van der Waals surface area contributed by atoms with E-state index in [1.807, 2.05) is 7.05 Å². The van der Waals surface area contributed by atoms with Gasteiger partial charge in [-0.15, -0.1) is 0 Å². The molecule has 0 radical (unpaired) electrons. The molecule has 2 aliphatic rings. The Balaban J connectivity index is 1.63. The second-order valence-electron chi connectivity index (χ2n) is 7.37. The molecule has 23 heavy (non-hydrogen) atoms. The molecule has 1 fully saturated rings. The summed E-state index contributed by atoms with van der Waals surface area (Å²) in [5.74, 6) is 0. The average molecular weight is 311 g/mol. The highest BCUT2D eigenvalue weighted by Gasteiger charge is 2.26. The Morgan fingerprint density at radius 2 is 1.96 bits per heavy atom. The van der Waals surface area contributed by atoms with Gasteiger partial charge in [0, 0.05) is 35.2 Å². The van der Waals surface area contributed by atoms with E-state index in [2.05, 4.69) is 33.8 Å². The molecule has 3 heteroatoms. The molecule has 2 aromatic rings. The van der Waals surface area contributed by atoms with Gasteiger partial charge in [-0.05, 0) is 62.4 Å². The van der Waals surface area contributed by atoms with Crippen LogP contribution in [0.4, 0.5) is 0 Å². The summed E-state index contributed by atoms with van der Waals surface area (Å²) in [7, 11) is 2.01. The maximum absolute atomic E-state index is 3.97. The Morgan fingerprint density at radius 1 is 1.09 bits per heavy atom. The van der Waals surface area contributed by atoms with Crippen LogP contribution in [-0.2, 0) is 13.0 Å². The smallest absolute Gasteiger partial charge is 0.0478 e. The fourth-order valence-electron chi connectivity index (χ4n) is 4.54. The molecule has 1 aromatic heterocycles.